The quantitative estimate of drug-likeness (QED) is 0.756. The highest BCUT2D eigenvalue weighted by molar-refractivity contribution is 5.94. The summed E-state index contributed by atoms with van der Waals surface area (Å²) in [6.45, 7) is 9.18. The van der Waals surface area contributed by atoms with Gasteiger partial charge in [-0.25, -0.2) is 0 Å². The Kier molecular flexibility index (Phi) is 4.38. The van der Waals surface area contributed by atoms with E-state index in [1.165, 1.54) is 0 Å². The van der Waals surface area contributed by atoms with Gasteiger partial charge in [0.05, 0.1) is 23.8 Å². The summed E-state index contributed by atoms with van der Waals surface area (Å²) >= 11 is 0. The number of carbonyl (C=O) groups is 1. The lowest BCUT2D eigenvalue weighted by atomic mass is 10.1. The fraction of sp³-hybridized carbons (Fsp3) is 0.389. The number of rotatable bonds is 5. The van der Waals surface area contributed by atoms with Crippen molar-refractivity contribution in [2.45, 2.75) is 40.7 Å². The minimum Gasteiger partial charge on any atom is -0.326 e. The highest BCUT2D eigenvalue weighted by atomic mass is 16.1. The number of carbonyl (C=O) groups excluding carboxylic acids is 1. The van der Waals surface area contributed by atoms with E-state index in [0.29, 0.717) is 12.3 Å². The Morgan fingerprint density at radius 2 is 2.12 bits per heavy atom. The van der Waals surface area contributed by atoms with Crippen molar-refractivity contribution in [3.8, 4) is 0 Å². The minimum atomic E-state index is -0.0341. The zero-order chi connectivity index (χ0) is 17.3. The highest BCUT2D eigenvalue weighted by Gasteiger charge is 2.15. The van der Waals surface area contributed by atoms with Crippen LogP contribution in [0, 0.1) is 19.8 Å². The molecule has 0 radical (unpaired) electrons. The average Bonchev–Trinajstić information content (AvgIpc) is 3.07. The van der Waals surface area contributed by atoms with E-state index >= 15 is 0 Å². The first-order valence-corrected chi connectivity index (χ1v) is 8.20. The molecule has 0 spiro atoms. The average molecular weight is 325 g/mol. The smallest absolute Gasteiger partial charge is 0.228 e. The Bertz CT molecular complexity index is 875. The van der Waals surface area contributed by atoms with Gasteiger partial charge in [0.25, 0.3) is 0 Å². The van der Waals surface area contributed by atoms with Gasteiger partial charge in [-0.2, -0.15) is 10.2 Å². The Labute approximate surface area is 141 Å². The van der Waals surface area contributed by atoms with Crippen molar-refractivity contribution in [2.24, 2.45) is 5.92 Å². The number of amides is 1. The first kappa shape index (κ1) is 16.2. The Morgan fingerprint density at radius 3 is 2.88 bits per heavy atom. The summed E-state index contributed by atoms with van der Waals surface area (Å²) in [7, 11) is 0. The zero-order valence-electron chi connectivity index (χ0n) is 14.6. The maximum absolute atomic E-state index is 12.4. The summed E-state index contributed by atoms with van der Waals surface area (Å²) in [4.78, 5) is 12.4. The molecule has 0 atom stereocenters. The third-order valence-corrected chi connectivity index (χ3v) is 4.13. The van der Waals surface area contributed by atoms with Crippen molar-refractivity contribution in [2.75, 3.05) is 5.32 Å². The highest BCUT2D eigenvalue weighted by Crippen LogP contribution is 2.19. The topological polar surface area (TPSA) is 75.6 Å². The van der Waals surface area contributed by atoms with Gasteiger partial charge in [-0.15, -0.1) is 0 Å². The van der Waals surface area contributed by atoms with Crippen LogP contribution in [-0.2, 0) is 17.8 Å². The lowest BCUT2D eigenvalue weighted by molar-refractivity contribution is -0.115. The van der Waals surface area contributed by atoms with Crippen molar-refractivity contribution in [1.82, 2.24) is 20.0 Å². The van der Waals surface area contributed by atoms with Gasteiger partial charge >= 0.3 is 0 Å². The van der Waals surface area contributed by atoms with Crippen LogP contribution < -0.4 is 5.32 Å². The molecular formula is C18H23N5O. The van der Waals surface area contributed by atoms with Crippen molar-refractivity contribution in [1.29, 1.82) is 0 Å². The standard InChI is InChI=1S/C18H23N5O/c1-11(2)10-23-13(4)16(12(3)22-23)8-18(24)20-15-5-6-17-14(7-15)9-19-21-17/h5-7,9,11H,8,10H2,1-4H3,(H,19,21)(H,20,24). The summed E-state index contributed by atoms with van der Waals surface area (Å²) in [5.41, 5.74) is 4.74. The first-order valence-electron chi connectivity index (χ1n) is 8.20. The second-order valence-electron chi connectivity index (χ2n) is 6.62. The number of aryl methyl sites for hydroxylation is 1. The number of hydrogen-bond donors (Lipinski definition) is 2. The van der Waals surface area contributed by atoms with E-state index in [-0.39, 0.29) is 5.91 Å². The normalized spacial score (nSPS) is 11.4. The van der Waals surface area contributed by atoms with Crippen molar-refractivity contribution in [3.63, 3.8) is 0 Å². The Balaban J connectivity index is 1.73. The van der Waals surface area contributed by atoms with Gasteiger partial charge in [0, 0.05) is 28.9 Å². The number of hydrogen-bond acceptors (Lipinski definition) is 3. The van der Waals surface area contributed by atoms with Gasteiger partial charge in [0.2, 0.25) is 5.91 Å². The summed E-state index contributed by atoms with van der Waals surface area (Å²) in [5.74, 6) is 0.486. The zero-order valence-corrected chi connectivity index (χ0v) is 14.6. The molecule has 2 N–H and O–H groups in total. The second kappa shape index (κ2) is 6.47. The molecule has 0 fully saturated rings. The van der Waals surface area contributed by atoms with Crippen LogP contribution in [0.2, 0.25) is 0 Å². The van der Waals surface area contributed by atoms with Crippen LogP contribution in [0.25, 0.3) is 10.9 Å². The molecule has 0 bridgehead atoms. The van der Waals surface area contributed by atoms with E-state index in [1.54, 1.807) is 6.20 Å². The summed E-state index contributed by atoms with van der Waals surface area (Å²) < 4.78 is 2.00. The molecule has 0 aliphatic heterocycles. The van der Waals surface area contributed by atoms with E-state index in [0.717, 1.165) is 40.1 Å². The van der Waals surface area contributed by atoms with Crippen molar-refractivity contribution >= 4 is 22.5 Å². The van der Waals surface area contributed by atoms with Crippen LogP contribution in [-0.4, -0.2) is 25.9 Å². The third-order valence-electron chi connectivity index (χ3n) is 4.13. The largest absolute Gasteiger partial charge is 0.326 e. The van der Waals surface area contributed by atoms with E-state index < -0.39 is 0 Å². The molecule has 3 rings (SSSR count). The minimum absolute atomic E-state index is 0.0341. The molecule has 2 heterocycles. The third kappa shape index (κ3) is 3.32. The number of aromatic amines is 1. The number of fused-ring (bicyclic) bond motifs is 1. The van der Waals surface area contributed by atoms with E-state index in [9.17, 15) is 4.79 Å². The molecule has 0 saturated heterocycles. The lowest BCUT2D eigenvalue weighted by Gasteiger charge is -2.08. The fourth-order valence-corrected chi connectivity index (χ4v) is 2.90. The van der Waals surface area contributed by atoms with Crippen LogP contribution in [0.15, 0.2) is 24.4 Å². The monoisotopic (exact) mass is 325 g/mol. The van der Waals surface area contributed by atoms with Gasteiger partial charge in [-0.1, -0.05) is 13.8 Å². The summed E-state index contributed by atoms with van der Waals surface area (Å²) in [6.07, 6.45) is 2.08. The van der Waals surface area contributed by atoms with Crippen molar-refractivity contribution in [3.05, 3.63) is 41.3 Å². The summed E-state index contributed by atoms with van der Waals surface area (Å²) in [5, 5.41) is 15.4. The molecule has 24 heavy (non-hydrogen) atoms. The van der Waals surface area contributed by atoms with Crippen LogP contribution in [0.3, 0.4) is 0 Å². The molecular weight excluding hydrogens is 302 g/mol. The molecule has 126 valence electrons. The molecule has 1 aromatic carbocycles. The number of benzene rings is 1. The van der Waals surface area contributed by atoms with Crippen LogP contribution in [0.4, 0.5) is 5.69 Å². The van der Waals surface area contributed by atoms with Crippen molar-refractivity contribution < 1.29 is 4.79 Å². The number of nitrogens with zero attached hydrogens (tertiary/aromatic N) is 3. The van der Waals surface area contributed by atoms with E-state index in [4.69, 9.17) is 0 Å². The fourth-order valence-electron chi connectivity index (χ4n) is 2.90. The molecule has 6 nitrogen and oxygen atoms in total. The summed E-state index contributed by atoms with van der Waals surface area (Å²) in [6, 6.07) is 5.70. The van der Waals surface area contributed by atoms with Gasteiger partial charge in [-0.3, -0.25) is 14.6 Å². The van der Waals surface area contributed by atoms with Crippen LogP contribution >= 0.6 is 0 Å². The predicted molar refractivity (Wildman–Crippen MR) is 95.0 cm³/mol. The Hall–Kier alpha value is -2.63. The lowest BCUT2D eigenvalue weighted by Crippen LogP contribution is -2.15. The second-order valence-corrected chi connectivity index (χ2v) is 6.62. The van der Waals surface area contributed by atoms with E-state index in [1.807, 2.05) is 36.7 Å². The number of nitrogens with one attached hydrogen (secondary N) is 2. The van der Waals surface area contributed by atoms with Gasteiger partial charge in [-0.05, 0) is 38.0 Å². The van der Waals surface area contributed by atoms with Gasteiger partial charge in [0.15, 0.2) is 0 Å². The maximum atomic E-state index is 12.4. The van der Waals surface area contributed by atoms with E-state index in [2.05, 4.69) is 34.5 Å². The molecule has 0 aliphatic carbocycles. The molecule has 0 aliphatic rings. The maximum Gasteiger partial charge on any atom is 0.228 e. The SMILES string of the molecule is Cc1nn(CC(C)C)c(C)c1CC(=O)Nc1ccc2[nH]ncc2c1. The van der Waals surface area contributed by atoms with Gasteiger partial charge in [0.1, 0.15) is 0 Å². The molecule has 0 unspecified atom stereocenters. The predicted octanol–water partition coefficient (Wildman–Crippen LogP) is 3.21. The number of anilines is 1. The Morgan fingerprint density at radius 1 is 1.33 bits per heavy atom. The first-order chi connectivity index (χ1) is 11.4. The molecule has 6 heteroatoms. The number of aromatic nitrogens is 4. The molecule has 0 saturated carbocycles. The van der Waals surface area contributed by atoms with Gasteiger partial charge < -0.3 is 5.32 Å². The van der Waals surface area contributed by atoms with Crippen LogP contribution in [0.5, 0.6) is 0 Å². The molecule has 3 aromatic rings. The molecule has 2 aromatic heterocycles. The van der Waals surface area contributed by atoms with Crippen LogP contribution in [0.1, 0.15) is 30.8 Å². The number of H-pyrrole nitrogens is 1. The molecule has 1 amide bonds.